The molecule has 2 N–H and O–H groups in total. The molecule has 1 unspecified atom stereocenters. The molecule has 1 aliphatic rings. The number of nitrogens with one attached hydrogen (secondary N) is 1. The second-order valence-corrected chi connectivity index (χ2v) is 6.71. The molecule has 3 rings (SSSR count). The van der Waals surface area contributed by atoms with Gasteiger partial charge in [0, 0.05) is 4.88 Å². The first-order valence-corrected chi connectivity index (χ1v) is 7.99. The Morgan fingerprint density at radius 3 is 3.10 bits per heavy atom. The summed E-state index contributed by atoms with van der Waals surface area (Å²) in [5.41, 5.74) is 2.62. The number of anilines is 2. The smallest absolute Gasteiger partial charge is 0.312 e. The predicted octanol–water partition coefficient (Wildman–Crippen LogP) is 4.35. The van der Waals surface area contributed by atoms with Gasteiger partial charge in [-0.1, -0.05) is 17.7 Å². The molecule has 0 saturated heterocycles. The molecule has 1 aliphatic carbocycles. The van der Waals surface area contributed by atoms with Crippen LogP contribution in [0.2, 0.25) is 5.02 Å². The minimum Gasteiger partial charge on any atom is -0.481 e. The molecule has 0 radical (unpaired) electrons. The first-order valence-electron chi connectivity index (χ1n) is 6.80. The number of halogens is 1. The van der Waals surface area contributed by atoms with Crippen LogP contribution in [-0.4, -0.2) is 16.1 Å². The number of benzene rings is 1. The number of carboxylic acids is 1. The summed E-state index contributed by atoms with van der Waals surface area (Å²) in [6.45, 7) is 1.99. The normalized spacial score (nSPS) is 17.3. The second kappa shape index (κ2) is 5.66. The van der Waals surface area contributed by atoms with Gasteiger partial charge in [0.15, 0.2) is 5.13 Å². The average molecular weight is 323 g/mol. The molecule has 0 spiro atoms. The van der Waals surface area contributed by atoms with Crippen molar-refractivity contribution in [2.24, 2.45) is 0 Å². The molecule has 0 aliphatic heterocycles. The number of hydrogen-bond acceptors (Lipinski definition) is 4. The maximum absolute atomic E-state index is 11.3. The lowest BCUT2D eigenvalue weighted by Crippen LogP contribution is -2.17. The number of carboxylic acid groups (broad SMARTS) is 1. The minimum absolute atomic E-state index is 0.478. The van der Waals surface area contributed by atoms with Crippen molar-refractivity contribution in [1.29, 1.82) is 0 Å². The zero-order valence-electron chi connectivity index (χ0n) is 11.5. The van der Waals surface area contributed by atoms with E-state index in [1.165, 1.54) is 11.3 Å². The molecule has 0 fully saturated rings. The summed E-state index contributed by atoms with van der Waals surface area (Å²) in [6.07, 6.45) is 2.47. The lowest BCUT2D eigenvalue weighted by molar-refractivity contribution is -0.139. The maximum atomic E-state index is 11.3. The van der Waals surface area contributed by atoms with Crippen molar-refractivity contribution in [3.8, 4) is 0 Å². The summed E-state index contributed by atoms with van der Waals surface area (Å²) in [5.74, 6) is -1.27. The van der Waals surface area contributed by atoms with Gasteiger partial charge in [-0.2, -0.15) is 0 Å². The fraction of sp³-hybridized carbons (Fsp3) is 0.333. The van der Waals surface area contributed by atoms with Gasteiger partial charge in [-0.3, -0.25) is 4.79 Å². The van der Waals surface area contributed by atoms with E-state index in [0.717, 1.165) is 29.0 Å². The predicted molar refractivity (Wildman–Crippen MR) is 84.9 cm³/mol. The van der Waals surface area contributed by atoms with Crippen molar-refractivity contribution in [2.75, 3.05) is 5.32 Å². The van der Waals surface area contributed by atoms with Crippen molar-refractivity contribution in [3.63, 3.8) is 0 Å². The lowest BCUT2D eigenvalue weighted by atomic mass is 9.91. The highest BCUT2D eigenvalue weighted by Crippen LogP contribution is 2.38. The summed E-state index contributed by atoms with van der Waals surface area (Å²) in [5, 5.41) is 13.8. The van der Waals surface area contributed by atoms with Crippen LogP contribution >= 0.6 is 22.9 Å². The lowest BCUT2D eigenvalue weighted by Gasteiger charge is -2.16. The van der Waals surface area contributed by atoms with Crippen LogP contribution in [0, 0.1) is 6.92 Å². The van der Waals surface area contributed by atoms with E-state index in [0.29, 0.717) is 22.3 Å². The standard InChI is InChI=1S/C15H15ClN2O2S/c1-8-5-6-10(16)11(7-8)17-15-18-13-9(14(19)20)3-2-4-12(13)21-15/h5-7,9H,2-4H2,1H3,(H,17,18)(H,19,20). The van der Waals surface area contributed by atoms with E-state index >= 15 is 0 Å². The Labute approximate surface area is 131 Å². The minimum atomic E-state index is -0.790. The quantitative estimate of drug-likeness (QED) is 0.881. The van der Waals surface area contributed by atoms with Crippen LogP contribution in [0.25, 0.3) is 0 Å². The number of aryl methyl sites for hydroxylation is 2. The van der Waals surface area contributed by atoms with Crippen molar-refractivity contribution in [1.82, 2.24) is 4.98 Å². The number of rotatable bonds is 3. The zero-order valence-corrected chi connectivity index (χ0v) is 13.1. The molecule has 0 bridgehead atoms. The van der Waals surface area contributed by atoms with E-state index in [2.05, 4.69) is 10.3 Å². The average Bonchev–Trinajstić information content (AvgIpc) is 2.84. The summed E-state index contributed by atoms with van der Waals surface area (Å²) >= 11 is 7.69. The Balaban J connectivity index is 1.91. The Hall–Kier alpha value is -1.59. The molecule has 21 heavy (non-hydrogen) atoms. The monoisotopic (exact) mass is 322 g/mol. The molecule has 0 saturated carbocycles. The van der Waals surface area contributed by atoms with Crippen LogP contribution in [0.1, 0.15) is 34.9 Å². The van der Waals surface area contributed by atoms with Gasteiger partial charge in [0.2, 0.25) is 0 Å². The van der Waals surface area contributed by atoms with Crippen LogP contribution in [-0.2, 0) is 11.2 Å². The molecule has 6 heteroatoms. The highest BCUT2D eigenvalue weighted by atomic mass is 35.5. The molecular formula is C15H15ClN2O2S. The van der Waals surface area contributed by atoms with Gasteiger partial charge >= 0.3 is 5.97 Å². The van der Waals surface area contributed by atoms with Crippen LogP contribution < -0.4 is 5.32 Å². The molecule has 4 nitrogen and oxygen atoms in total. The number of fused-ring (bicyclic) bond motifs is 1. The molecule has 1 aromatic heterocycles. The first-order chi connectivity index (χ1) is 10.0. The van der Waals surface area contributed by atoms with E-state index < -0.39 is 11.9 Å². The molecule has 2 aromatic rings. The van der Waals surface area contributed by atoms with Crippen molar-refractivity contribution < 1.29 is 9.90 Å². The Kier molecular flexibility index (Phi) is 3.87. The molecule has 0 amide bonds. The third-order valence-corrected chi connectivity index (χ3v) is 4.99. The SMILES string of the molecule is Cc1ccc(Cl)c(Nc2nc3c(s2)CCCC3C(=O)O)c1. The van der Waals surface area contributed by atoms with Gasteiger partial charge in [0.25, 0.3) is 0 Å². The highest BCUT2D eigenvalue weighted by molar-refractivity contribution is 7.15. The van der Waals surface area contributed by atoms with Gasteiger partial charge in [0.05, 0.1) is 16.4 Å². The van der Waals surface area contributed by atoms with Crippen molar-refractivity contribution >= 4 is 39.7 Å². The van der Waals surface area contributed by atoms with Gasteiger partial charge in [-0.05, 0) is 43.9 Å². The molecule has 1 aromatic carbocycles. The zero-order chi connectivity index (χ0) is 15.0. The van der Waals surface area contributed by atoms with Gasteiger partial charge in [-0.15, -0.1) is 11.3 Å². The largest absolute Gasteiger partial charge is 0.481 e. The Bertz CT molecular complexity index is 699. The van der Waals surface area contributed by atoms with E-state index in [-0.39, 0.29) is 0 Å². The number of nitrogens with zero attached hydrogens (tertiary/aromatic N) is 1. The summed E-state index contributed by atoms with van der Waals surface area (Å²) in [4.78, 5) is 16.9. The van der Waals surface area contributed by atoms with Crippen LogP contribution in [0.15, 0.2) is 18.2 Å². The van der Waals surface area contributed by atoms with Crippen LogP contribution in [0.5, 0.6) is 0 Å². The molecule has 110 valence electrons. The van der Waals surface area contributed by atoms with Gasteiger partial charge in [-0.25, -0.2) is 4.98 Å². The fourth-order valence-corrected chi connectivity index (χ4v) is 3.80. The highest BCUT2D eigenvalue weighted by Gasteiger charge is 2.30. The number of aliphatic carboxylic acids is 1. The van der Waals surface area contributed by atoms with E-state index in [1.54, 1.807) is 0 Å². The van der Waals surface area contributed by atoms with Crippen LogP contribution in [0.4, 0.5) is 10.8 Å². The number of thiazole rings is 1. The number of carbonyl (C=O) groups is 1. The summed E-state index contributed by atoms with van der Waals surface area (Å²) in [6, 6.07) is 5.74. The van der Waals surface area contributed by atoms with E-state index in [1.807, 2.05) is 25.1 Å². The molecular weight excluding hydrogens is 308 g/mol. The fourth-order valence-electron chi connectivity index (χ4n) is 2.56. The maximum Gasteiger partial charge on any atom is 0.312 e. The Morgan fingerprint density at radius 1 is 1.52 bits per heavy atom. The molecule has 1 atom stereocenters. The number of hydrogen-bond donors (Lipinski definition) is 2. The summed E-state index contributed by atoms with van der Waals surface area (Å²) < 4.78 is 0. The second-order valence-electron chi connectivity index (χ2n) is 5.22. The van der Waals surface area contributed by atoms with Gasteiger partial charge in [0.1, 0.15) is 5.92 Å². The number of aromatic nitrogens is 1. The molecule has 1 heterocycles. The Morgan fingerprint density at radius 2 is 2.33 bits per heavy atom. The van der Waals surface area contributed by atoms with E-state index in [9.17, 15) is 9.90 Å². The topological polar surface area (TPSA) is 62.2 Å². The van der Waals surface area contributed by atoms with Crippen molar-refractivity contribution in [3.05, 3.63) is 39.4 Å². The van der Waals surface area contributed by atoms with Crippen molar-refractivity contribution in [2.45, 2.75) is 32.1 Å². The van der Waals surface area contributed by atoms with Crippen LogP contribution in [0.3, 0.4) is 0 Å². The first kappa shape index (κ1) is 14.4. The van der Waals surface area contributed by atoms with Gasteiger partial charge < -0.3 is 10.4 Å². The third kappa shape index (κ3) is 2.89. The van der Waals surface area contributed by atoms with E-state index in [4.69, 9.17) is 11.6 Å². The summed E-state index contributed by atoms with van der Waals surface area (Å²) in [7, 11) is 0. The third-order valence-electron chi connectivity index (χ3n) is 3.62.